The van der Waals surface area contributed by atoms with Crippen LogP contribution in [0.15, 0.2) is 249 Å². The molecule has 13 aromatic carbocycles. The van der Waals surface area contributed by atoms with Crippen molar-refractivity contribution in [3.05, 3.63) is 321 Å². The molecular weight excluding hydrogens is 1050 g/mol. The van der Waals surface area contributed by atoms with E-state index in [2.05, 4.69) is 347 Å². The van der Waals surface area contributed by atoms with E-state index in [1.165, 1.54) is 115 Å². The van der Waals surface area contributed by atoms with E-state index >= 15 is 0 Å². The highest BCUT2D eigenvalue weighted by molar-refractivity contribution is 6.37. The maximum absolute atomic E-state index is 2.48. The molecule has 0 bridgehead atoms. The van der Waals surface area contributed by atoms with Crippen molar-refractivity contribution in [2.45, 2.75) is 87.0 Å². The SMILES string of the molecule is Cc1ccc(C(=Cc2ccc(N(c3ccc(C)cc3)c3ccc4c5c(C(C)(C)C)ccc6c(N(c7ccc(C)cc7)c7ccc(C=C(c8ccc(C)cc8)c8ccc(C)cc8)cc7)ccc(c7c(C(C)(C)C)ccc3c47)c65)cc2)c2ccccc2)cc1. The number of benzene rings is 13. The molecule has 13 aromatic rings. The minimum Gasteiger partial charge on any atom is -0.310 e. The van der Waals surface area contributed by atoms with Gasteiger partial charge in [0.1, 0.15) is 0 Å². The summed E-state index contributed by atoms with van der Waals surface area (Å²) in [6.45, 7) is 25.0. The lowest BCUT2D eigenvalue weighted by molar-refractivity contribution is 0.595. The monoisotopic (exact) mass is 1120 g/mol. The molecule has 0 aliphatic rings. The molecule has 0 aliphatic heterocycles. The van der Waals surface area contributed by atoms with Gasteiger partial charge in [0.05, 0.1) is 11.4 Å². The van der Waals surface area contributed by atoms with E-state index in [1.54, 1.807) is 0 Å². The zero-order chi connectivity index (χ0) is 60.3. The third-order valence-electron chi connectivity index (χ3n) is 17.6. The molecule has 0 atom stereocenters. The summed E-state index contributed by atoms with van der Waals surface area (Å²) < 4.78 is 0. The highest BCUT2D eigenvalue weighted by Gasteiger charge is 2.30. The van der Waals surface area contributed by atoms with Gasteiger partial charge in [-0.25, -0.2) is 0 Å². The van der Waals surface area contributed by atoms with Gasteiger partial charge in [0.2, 0.25) is 0 Å². The summed E-state index contributed by atoms with van der Waals surface area (Å²) in [7, 11) is 0. The van der Waals surface area contributed by atoms with Gasteiger partial charge in [-0.2, -0.15) is 0 Å². The second kappa shape index (κ2) is 22.6. The fourth-order valence-corrected chi connectivity index (χ4v) is 13.0. The Morgan fingerprint density at radius 1 is 0.264 bits per heavy atom. The fraction of sp³-hybridized carbons (Fsp3) is 0.153. The highest BCUT2D eigenvalue weighted by atomic mass is 15.1. The van der Waals surface area contributed by atoms with E-state index in [0.29, 0.717) is 0 Å². The predicted octanol–water partition coefficient (Wildman–Crippen LogP) is 24.0. The molecule has 0 aromatic heterocycles. The van der Waals surface area contributed by atoms with Crippen molar-refractivity contribution in [1.82, 2.24) is 0 Å². The summed E-state index contributed by atoms with van der Waals surface area (Å²) in [4.78, 5) is 4.95. The summed E-state index contributed by atoms with van der Waals surface area (Å²) in [6, 6.07) is 93.2. The minimum absolute atomic E-state index is 0.166. The lowest BCUT2D eigenvalue weighted by Crippen LogP contribution is -2.15. The number of anilines is 6. The van der Waals surface area contributed by atoms with Crippen LogP contribution >= 0.6 is 0 Å². The molecule has 0 saturated carbocycles. The molecular formula is C85H76N2. The summed E-state index contributed by atoms with van der Waals surface area (Å²) in [5.41, 5.74) is 24.7. The summed E-state index contributed by atoms with van der Waals surface area (Å²) in [6.07, 6.45) is 4.67. The van der Waals surface area contributed by atoms with Crippen LogP contribution in [0.3, 0.4) is 0 Å². The number of hydrogen-bond donors (Lipinski definition) is 0. The number of fused-ring (bicyclic) bond motifs is 2. The molecule has 87 heavy (non-hydrogen) atoms. The summed E-state index contributed by atoms with van der Waals surface area (Å²) in [5.74, 6) is 0. The lowest BCUT2D eigenvalue weighted by Gasteiger charge is -2.32. The van der Waals surface area contributed by atoms with Gasteiger partial charge in [0, 0.05) is 33.5 Å². The Kier molecular flexibility index (Phi) is 14.6. The third kappa shape index (κ3) is 10.9. The van der Waals surface area contributed by atoms with Crippen LogP contribution in [0.4, 0.5) is 34.1 Å². The molecule has 0 spiro atoms. The molecule has 0 aliphatic carbocycles. The molecule has 2 nitrogen and oxygen atoms in total. The van der Waals surface area contributed by atoms with Crippen molar-refractivity contribution in [2.24, 2.45) is 0 Å². The Hall–Kier alpha value is -9.76. The van der Waals surface area contributed by atoms with Gasteiger partial charge >= 0.3 is 0 Å². The molecule has 2 heteroatoms. The summed E-state index contributed by atoms with van der Waals surface area (Å²) >= 11 is 0. The Balaban J connectivity index is 1.01. The zero-order valence-corrected chi connectivity index (χ0v) is 52.2. The fourth-order valence-electron chi connectivity index (χ4n) is 13.0. The summed E-state index contributed by atoms with van der Waals surface area (Å²) in [5, 5.41) is 10.2. The maximum Gasteiger partial charge on any atom is 0.0540 e. The van der Waals surface area contributed by atoms with Gasteiger partial charge in [-0.3, -0.25) is 0 Å². The normalized spacial score (nSPS) is 12.1. The first-order chi connectivity index (χ1) is 41.9. The predicted molar refractivity (Wildman–Crippen MR) is 378 cm³/mol. The number of aryl methyl sites for hydroxylation is 5. The second-order valence-corrected chi connectivity index (χ2v) is 26.2. The molecule has 13 rings (SSSR count). The van der Waals surface area contributed by atoms with Gasteiger partial charge < -0.3 is 9.80 Å². The van der Waals surface area contributed by atoms with E-state index < -0.39 is 0 Å². The van der Waals surface area contributed by atoms with Crippen LogP contribution in [0.2, 0.25) is 0 Å². The molecule has 0 amide bonds. The minimum atomic E-state index is -0.166. The molecule has 0 unspecified atom stereocenters. The van der Waals surface area contributed by atoms with Crippen molar-refractivity contribution in [1.29, 1.82) is 0 Å². The molecule has 0 saturated heterocycles. The lowest BCUT2D eigenvalue weighted by atomic mass is 9.76. The van der Waals surface area contributed by atoms with Crippen molar-refractivity contribution >= 4 is 101 Å². The quantitative estimate of drug-likeness (QED) is 0.0683. The van der Waals surface area contributed by atoms with Crippen molar-refractivity contribution < 1.29 is 0 Å². The topological polar surface area (TPSA) is 6.48 Å². The molecule has 0 fully saturated rings. The average Bonchev–Trinajstić information content (AvgIpc) is 1.07. The smallest absolute Gasteiger partial charge is 0.0540 e. The van der Waals surface area contributed by atoms with E-state index in [4.69, 9.17) is 0 Å². The van der Waals surface area contributed by atoms with E-state index in [9.17, 15) is 0 Å². The first-order valence-electron chi connectivity index (χ1n) is 30.8. The Morgan fingerprint density at radius 2 is 0.540 bits per heavy atom. The van der Waals surface area contributed by atoms with E-state index in [1.807, 2.05) is 0 Å². The number of hydrogen-bond acceptors (Lipinski definition) is 2. The van der Waals surface area contributed by atoms with Gasteiger partial charge in [0.15, 0.2) is 0 Å². The first-order valence-corrected chi connectivity index (χ1v) is 30.8. The van der Waals surface area contributed by atoms with Crippen LogP contribution in [-0.4, -0.2) is 0 Å². The number of rotatable bonds is 12. The van der Waals surface area contributed by atoms with Gasteiger partial charge in [0.25, 0.3) is 0 Å². The highest BCUT2D eigenvalue weighted by Crippen LogP contribution is 2.53. The Bertz CT molecular complexity index is 4660. The molecule has 0 radical (unpaired) electrons. The second-order valence-electron chi connectivity index (χ2n) is 26.2. The van der Waals surface area contributed by atoms with Crippen LogP contribution in [-0.2, 0) is 10.8 Å². The van der Waals surface area contributed by atoms with Crippen molar-refractivity contribution in [2.75, 3.05) is 9.80 Å². The largest absolute Gasteiger partial charge is 0.310 e. The van der Waals surface area contributed by atoms with Crippen LogP contribution < -0.4 is 9.80 Å². The van der Waals surface area contributed by atoms with Crippen molar-refractivity contribution in [3.63, 3.8) is 0 Å². The molecule has 0 heterocycles. The van der Waals surface area contributed by atoms with Crippen LogP contribution in [0.25, 0.3) is 66.4 Å². The van der Waals surface area contributed by atoms with Crippen LogP contribution in [0, 0.1) is 34.6 Å². The average molecular weight is 1130 g/mol. The van der Waals surface area contributed by atoms with Crippen LogP contribution in [0.1, 0.15) is 114 Å². The van der Waals surface area contributed by atoms with Gasteiger partial charge in [-0.05, 0) is 206 Å². The molecule has 426 valence electrons. The van der Waals surface area contributed by atoms with Gasteiger partial charge in [-0.1, -0.05) is 257 Å². The van der Waals surface area contributed by atoms with E-state index in [0.717, 1.165) is 45.3 Å². The number of nitrogens with zero attached hydrogens (tertiary/aromatic N) is 2. The van der Waals surface area contributed by atoms with E-state index in [-0.39, 0.29) is 10.8 Å². The van der Waals surface area contributed by atoms with Gasteiger partial charge in [-0.15, -0.1) is 0 Å². The zero-order valence-electron chi connectivity index (χ0n) is 52.2. The van der Waals surface area contributed by atoms with Crippen LogP contribution in [0.5, 0.6) is 0 Å². The first kappa shape index (κ1) is 56.4. The Morgan fingerprint density at radius 3 is 0.851 bits per heavy atom. The Labute approximate surface area is 515 Å². The third-order valence-corrected chi connectivity index (χ3v) is 17.6. The molecule has 0 N–H and O–H groups in total. The standard InChI is InChI=1S/C85H76N2/c1-55-17-31-63(32-18-55)74(62-15-13-12-14-16-62)53-60-27-41-68(42-28-60)86(66-37-23-58(4)24-38-66)78-51-47-72-80-70(78)45-49-76(84(6,7)8)82(80)73-48-52-79(71-46-50-77(85(9,10)11)83(72)81(71)73)87(67-39-25-59(5)26-40-67)69-43-29-61(30-44-69)54-75(64-33-19-56(2)20-34-64)65-35-21-57(3)22-36-65/h12-54H,1-11H3. The maximum atomic E-state index is 2.48. The van der Waals surface area contributed by atoms with Crippen molar-refractivity contribution in [3.8, 4) is 0 Å².